The summed E-state index contributed by atoms with van der Waals surface area (Å²) in [4.78, 5) is 2.33. The maximum atomic E-state index is 2.33. The number of fused-ring (bicyclic) bond motifs is 2. The van der Waals surface area contributed by atoms with Crippen molar-refractivity contribution in [3.63, 3.8) is 0 Å². The predicted molar refractivity (Wildman–Crippen MR) is 159 cm³/mol. The number of hydrogen-bond donors (Lipinski definition) is 0. The molecule has 1 aliphatic rings. The first-order valence-electron chi connectivity index (χ1n) is 12.8. The van der Waals surface area contributed by atoms with Gasteiger partial charge in [-0.2, -0.15) is 0 Å². The Morgan fingerprint density at radius 2 is 1.00 bits per heavy atom. The van der Waals surface area contributed by atoms with Crippen LogP contribution in [0.2, 0.25) is 0 Å². The van der Waals surface area contributed by atoms with Gasteiger partial charge >= 0.3 is 0 Å². The first kappa shape index (κ1) is 22.8. The van der Waals surface area contributed by atoms with Crippen LogP contribution in [-0.4, -0.2) is 0 Å². The first-order valence-corrected chi connectivity index (χ1v) is 12.8. The first-order chi connectivity index (χ1) is 18.2. The third kappa shape index (κ3) is 4.64. The molecule has 0 aliphatic heterocycles. The summed E-state index contributed by atoms with van der Waals surface area (Å²) in [7, 11) is 0. The maximum Gasteiger partial charge on any atom is 0.0464 e. The number of anilines is 3. The molecule has 0 aromatic heterocycles. The van der Waals surface area contributed by atoms with Gasteiger partial charge in [0.15, 0.2) is 0 Å². The fraction of sp³-hybridized carbons (Fsp3) is 0.0556. The average molecular weight is 476 g/mol. The zero-order valence-electron chi connectivity index (χ0n) is 21.2. The average Bonchev–Trinajstić information content (AvgIpc) is 3.07. The molecule has 0 unspecified atom stereocenters. The number of rotatable bonds is 4. The molecule has 0 amide bonds. The minimum Gasteiger partial charge on any atom is -0.310 e. The quantitative estimate of drug-likeness (QED) is 0.245. The van der Waals surface area contributed by atoms with Crippen LogP contribution in [0.3, 0.4) is 0 Å². The van der Waals surface area contributed by atoms with E-state index in [2.05, 4.69) is 158 Å². The van der Waals surface area contributed by atoms with E-state index in [1.165, 1.54) is 44.5 Å². The van der Waals surface area contributed by atoms with Gasteiger partial charge in [-0.3, -0.25) is 0 Å². The van der Waals surface area contributed by atoms with Crippen molar-refractivity contribution in [2.75, 3.05) is 4.90 Å². The number of nitrogens with zero attached hydrogens (tertiary/aromatic N) is 1. The molecule has 1 nitrogen and oxygen atoms in total. The summed E-state index contributed by atoms with van der Waals surface area (Å²) in [5.41, 5.74) is 13.4. The van der Waals surface area contributed by atoms with Gasteiger partial charge in [-0.15, -0.1) is 0 Å². The molecule has 1 heteroatoms. The van der Waals surface area contributed by atoms with E-state index < -0.39 is 0 Å². The van der Waals surface area contributed by atoms with Gasteiger partial charge in [-0.1, -0.05) is 97.1 Å². The van der Waals surface area contributed by atoms with Crippen LogP contribution < -0.4 is 4.90 Å². The standard InChI is InChI=1S/C36H29N/c1-26-9-7-13-32(23-26)37(33-14-8-10-27(2)24-33)31-21-17-28(18-22-31)25-36-34-15-5-3-11-29(34)19-20-30-12-4-6-16-35(30)36/h3-25H,1-2H3. The van der Waals surface area contributed by atoms with Crippen molar-refractivity contribution >= 4 is 40.9 Å². The monoisotopic (exact) mass is 475 g/mol. The summed E-state index contributed by atoms with van der Waals surface area (Å²) in [6.45, 7) is 4.29. The van der Waals surface area contributed by atoms with Crippen molar-refractivity contribution in [1.29, 1.82) is 0 Å². The lowest BCUT2D eigenvalue weighted by Gasteiger charge is -2.26. The molecule has 0 radical (unpaired) electrons. The molecular weight excluding hydrogens is 446 g/mol. The highest BCUT2D eigenvalue weighted by Crippen LogP contribution is 2.37. The van der Waals surface area contributed by atoms with E-state index in [0.29, 0.717) is 0 Å². The highest BCUT2D eigenvalue weighted by Gasteiger charge is 2.16. The Morgan fingerprint density at radius 3 is 1.51 bits per heavy atom. The van der Waals surface area contributed by atoms with Crippen molar-refractivity contribution in [3.05, 3.63) is 160 Å². The van der Waals surface area contributed by atoms with Gasteiger partial charge in [-0.25, -0.2) is 0 Å². The van der Waals surface area contributed by atoms with Crippen molar-refractivity contribution in [1.82, 2.24) is 0 Å². The lowest BCUT2D eigenvalue weighted by Crippen LogP contribution is -2.10. The fourth-order valence-corrected chi connectivity index (χ4v) is 5.12. The van der Waals surface area contributed by atoms with E-state index in [1.807, 2.05) is 0 Å². The van der Waals surface area contributed by atoms with E-state index in [4.69, 9.17) is 0 Å². The Labute approximate surface area is 219 Å². The third-order valence-corrected chi connectivity index (χ3v) is 6.93. The third-order valence-electron chi connectivity index (χ3n) is 6.93. The fourth-order valence-electron chi connectivity index (χ4n) is 5.12. The summed E-state index contributed by atoms with van der Waals surface area (Å²) < 4.78 is 0. The summed E-state index contributed by atoms with van der Waals surface area (Å²) in [6, 6.07) is 43.6. The van der Waals surface area contributed by atoms with Gasteiger partial charge < -0.3 is 4.90 Å². The van der Waals surface area contributed by atoms with Crippen LogP contribution in [-0.2, 0) is 0 Å². The van der Waals surface area contributed by atoms with Crippen molar-refractivity contribution in [2.45, 2.75) is 13.8 Å². The Kier molecular flexibility index (Phi) is 6.04. The molecule has 5 aromatic rings. The van der Waals surface area contributed by atoms with E-state index in [1.54, 1.807) is 0 Å². The SMILES string of the molecule is Cc1cccc(N(c2ccc(C=C3c4ccccc4C=Cc4ccccc43)cc2)c2cccc(C)c2)c1. The van der Waals surface area contributed by atoms with Gasteiger partial charge in [0, 0.05) is 17.1 Å². The van der Waals surface area contributed by atoms with E-state index >= 15 is 0 Å². The summed E-state index contributed by atoms with van der Waals surface area (Å²) in [6.07, 6.45) is 6.76. The zero-order valence-corrected chi connectivity index (χ0v) is 21.2. The lowest BCUT2D eigenvalue weighted by molar-refractivity contribution is 1.26. The molecule has 5 aromatic carbocycles. The van der Waals surface area contributed by atoms with Crippen LogP contribution in [0.25, 0.3) is 23.8 Å². The lowest BCUT2D eigenvalue weighted by atomic mass is 9.92. The van der Waals surface area contributed by atoms with E-state index in [-0.39, 0.29) is 0 Å². The smallest absolute Gasteiger partial charge is 0.0464 e. The maximum absolute atomic E-state index is 2.33. The molecule has 0 spiro atoms. The molecule has 178 valence electrons. The van der Waals surface area contributed by atoms with Crippen LogP contribution in [0.4, 0.5) is 17.1 Å². The van der Waals surface area contributed by atoms with Gasteiger partial charge in [0.2, 0.25) is 0 Å². The minimum absolute atomic E-state index is 1.14. The van der Waals surface area contributed by atoms with Gasteiger partial charge in [0.05, 0.1) is 0 Å². The van der Waals surface area contributed by atoms with Crippen LogP contribution in [0.1, 0.15) is 38.9 Å². The molecule has 0 fully saturated rings. The van der Waals surface area contributed by atoms with E-state index in [9.17, 15) is 0 Å². The summed E-state index contributed by atoms with van der Waals surface area (Å²) >= 11 is 0. The van der Waals surface area contributed by atoms with Crippen LogP contribution >= 0.6 is 0 Å². The molecular formula is C36H29N. The molecule has 37 heavy (non-hydrogen) atoms. The molecule has 0 atom stereocenters. The van der Waals surface area contributed by atoms with Crippen LogP contribution in [0.15, 0.2) is 121 Å². The Balaban J connectivity index is 1.44. The second-order valence-corrected chi connectivity index (χ2v) is 9.67. The topological polar surface area (TPSA) is 3.24 Å². The molecule has 6 rings (SSSR count). The molecule has 1 aliphatic carbocycles. The predicted octanol–water partition coefficient (Wildman–Crippen LogP) is 9.85. The van der Waals surface area contributed by atoms with Gasteiger partial charge in [-0.05, 0) is 101 Å². The van der Waals surface area contributed by atoms with Gasteiger partial charge in [0.1, 0.15) is 0 Å². The van der Waals surface area contributed by atoms with Crippen LogP contribution in [0.5, 0.6) is 0 Å². The Morgan fingerprint density at radius 1 is 0.486 bits per heavy atom. The summed E-state index contributed by atoms with van der Waals surface area (Å²) in [5, 5.41) is 0. The molecule has 0 heterocycles. The number of hydrogen-bond acceptors (Lipinski definition) is 1. The highest BCUT2D eigenvalue weighted by molar-refractivity contribution is 6.00. The van der Waals surface area contributed by atoms with Gasteiger partial charge in [0.25, 0.3) is 0 Å². The Hall–Kier alpha value is -4.62. The largest absolute Gasteiger partial charge is 0.310 e. The normalized spacial score (nSPS) is 11.9. The van der Waals surface area contributed by atoms with Crippen molar-refractivity contribution in [3.8, 4) is 0 Å². The van der Waals surface area contributed by atoms with E-state index in [0.717, 1.165) is 17.1 Å². The molecule has 0 bridgehead atoms. The highest BCUT2D eigenvalue weighted by atomic mass is 15.1. The zero-order chi connectivity index (χ0) is 25.2. The minimum atomic E-state index is 1.14. The summed E-state index contributed by atoms with van der Waals surface area (Å²) in [5.74, 6) is 0. The van der Waals surface area contributed by atoms with Crippen LogP contribution in [0, 0.1) is 13.8 Å². The molecule has 0 N–H and O–H groups in total. The Bertz CT molecular complexity index is 1540. The second-order valence-electron chi connectivity index (χ2n) is 9.67. The van der Waals surface area contributed by atoms with Crippen molar-refractivity contribution in [2.24, 2.45) is 0 Å². The number of aryl methyl sites for hydroxylation is 2. The molecule has 0 saturated heterocycles. The van der Waals surface area contributed by atoms with Crippen molar-refractivity contribution < 1.29 is 0 Å². The second kappa shape index (κ2) is 9.79. The molecule has 0 saturated carbocycles. The number of benzene rings is 5.